The maximum absolute atomic E-state index is 13.8. The molecular weight excluding hydrogens is 518 g/mol. The lowest BCUT2D eigenvalue weighted by Crippen LogP contribution is -2.36. The predicted octanol–water partition coefficient (Wildman–Crippen LogP) is 5.61. The Balaban J connectivity index is 1.26. The van der Waals surface area contributed by atoms with Gasteiger partial charge in [-0.1, -0.05) is 30.3 Å². The summed E-state index contributed by atoms with van der Waals surface area (Å²) < 4.78 is 0. The number of benzene rings is 3. The molecule has 6 rings (SSSR count). The van der Waals surface area contributed by atoms with Crippen LogP contribution in [0.15, 0.2) is 54.6 Å². The number of halogens is 1. The van der Waals surface area contributed by atoms with Gasteiger partial charge in [-0.2, -0.15) is 0 Å². The first-order valence-corrected chi connectivity index (χ1v) is 14.1. The van der Waals surface area contributed by atoms with Gasteiger partial charge in [-0.25, -0.2) is 0 Å². The van der Waals surface area contributed by atoms with Crippen molar-refractivity contribution < 1.29 is 14.7 Å². The first-order chi connectivity index (χ1) is 18.3. The minimum atomic E-state index is -0.0923. The minimum absolute atomic E-state index is 0.0177. The molecule has 1 unspecified atom stereocenters. The number of nitrogens with two attached hydrogens (primary N) is 1. The van der Waals surface area contributed by atoms with E-state index in [1.165, 1.54) is 11.3 Å². The van der Waals surface area contributed by atoms with Crippen molar-refractivity contribution in [2.24, 2.45) is 0 Å². The van der Waals surface area contributed by atoms with Crippen molar-refractivity contribution in [3.8, 4) is 5.75 Å². The van der Waals surface area contributed by atoms with E-state index in [-0.39, 0.29) is 23.5 Å². The SMILES string of the molecule is Cc1cccc2c(O)cc3c(c12)C(CCl)CN3C(=O)c1cc2c(s1)CCN(C(=O)Cc1ccc(N)cc1)C2. The number of alkyl halides is 1. The molecule has 3 aromatic carbocycles. The van der Waals surface area contributed by atoms with E-state index in [2.05, 4.69) is 0 Å². The molecule has 0 saturated carbocycles. The van der Waals surface area contributed by atoms with Crippen LogP contribution in [0.1, 0.15) is 42.7 Å². The summed E-state index contributed by atoms with van der Waals surface area (Å²) in [7, 11) is 0. The normalized spacial score (nSPS) is 16.5. The molecule has 0 fully saturated rings. The van der Waals surface area contributed by atoms with Crippen molar-refractivity contribution >= 4 is 56.9 Å². The fourth-order valence-corrected chi connectivity index (χ4v) is 7.09. The molecule has 3 heterocycles. The summed E-state index contributed by atoms with van der Waals surface area (Å²) in [4.78, 5) is 32.2. The molecule has 38 heavy (non-hydrogen) atoms. The highest BCUT2D eigenvalue weighted by Crippen LogP contribution is 2.47. The van der Waals surface area contributed by atoms with Gasteiger partial charge in [0.15, 0.2) is 0 Å². The maximum atomic E-state index is 13.8. The van der Waals surface area contributed by atoms with Crippen molar-refractivity contribution in [2.75, 3.05) is 29.6 Å². The average molecular weight is 546 g/mol. The van der Waals surface area contributed by atoms with Crippen LogP contribution in [-0.4, -0.2) is 40.8 Å². The number of fused-ring (bicyclic) bond motifs is 4. The molecular formula is C30H28ClN3O3S. The molecule has 0 saturated heterocycles. The number of nitrogens with zero attached hydrogens (tertiary/aromatic N) is 2. The van der Waals surface area contributed by atoms with Gasteiger partial charge in [0.25, 0.3) is 5.91 Å². The second-order valence-electron chi connectivity index (χ2n) is 10.1. The Labute approximate surface area is 230 Å². The Kier molecular flexibility index (Phi) is 6.28. The number of hydrogen-bond acceptors (Lipinski definition) is 5. The monoisotopic (exact) mass is 545 g/mol. The molecule has 1 aromatic heterocycles. The first-order valence-electron chi connectivity index (χ1n) is 12.7. The van der Waals surface area contributed by atoms with Gasteiger partial charge in [0.05, 0.1) is 17.0 Å². The van der Waals surface area contributed by atoms with E-state index >= 15 is 0 Å². The molecule has 0 bridgehead atoms. The molecule has 0 aliphatic carbocycles. The summed E-state index contributed by atoms with van der Waals surface area (Å²) in [5.74, 6) is 0.504. The van der Waals surface area contributed by atoms with Crippen LogP contribution >= 0.6 is 22.9 Å². The van der Waals surface area contributed by atoms with Gasteiger partial charge in [-0.15, -0.1) is 22.9 Å². The van der Waals surface area contributed by atoms with Crippen molar-refractivity contribution in [3.63, 3.8) is 0 Å². The van der Waals surface area contributed by atoms with E-state index in [1.54, 1.807) is 11.0 Å². The van der Waals surface area contributed by atoms with E-state index in [0.29, 0.717) is 42.5 Å². The zero-order valence-electron chi connectivity index (χ0n) is 21.0. The Morgan fingerprint density at radius 3 is 2.71 bits per heavy atom. The molecule has 2 aliphatic rings. The molecule has 0 radical (unpaired) electrons. The van der Waals surface area contributed by atoms with E-state index < -0.39 is 0 Å². The predicted molar refractivity (Wildman–Crippen MR) is 153 cm³/mol. The van der Waals surface area contributed by atoms with Crippen LogP contribution in [0, 0.1) is 6.92 Å². The zero-order valence-corrected chi connectivity index (χ0v) is 22.6. The fourth-order valence-electron chi connectivity index (χ4n) is 5.72. The van der Waals surface area contributed by atoms with Crippen LogP contribution in [0.4, 0.5) is 11.4 Å². The number of amides is 2. The van der Waals surface area contributed by atoms with Gasteiger partial charge in [-0.3, -0.25) is 9.59 Å². The lowest BCUT2D eigenvalue weighted by molar-refractivity contribution is -0.131. The van der Waals surface area contributed by atoms with Crippen LogP contribution in [0.3, 0.4) is 0 Å². The van der Waals surface area contributed by atoms with Gasteiger partial charge in [0.2, 0.25) is 5.91 Å². The third-order valence-electron chi connectivity index (χ3n) is 7.67. The maximum Gasteiger partial charge on any atom is 0.268 e. The minimum Gasteiger partial charge on any atom is -0.507 e. The van der Waals surface area contributed by atoms with Crippen LogP contribution in [0.5, 0.6) is 5.75 Å². The highest BCUT2D eigenvalue weighted by atomic mass is 35.5. The number of aromatic hydroxyl groups is 1. The summed E-state index contributed by atoms with van der Waals surface area (Å²) in [5.41, 5.74) is 11.2. The Morgan fingerprint density at radius 2 is 1.95 bits per heavy atom. The highest BCUT2D eigenvalue weighted by molar-refractivity contribution is 7.14. The number of aryl methyl sites for hydroxylation is 1. The lowest BCUT2D eigenvalue weighted by Gasteiger charge is -2.27. The van der Waals surface area contributed by atoms with E-state index in [4.69, 9.17) is 17.3 Å². The van der Waals surface area contributed by atoms with Crippen LogP contribution in [0.25, 0.3) is 10.8 Å². The summed E-state index contributed by atoms with van der Waals surface area (Å²) in [6, 6.07) is 16.9. The molecule has 2 aliphatic heterocycles. The smallest absolute Gasteiger partial charge is 0.268 e. The summed E-state index contributed by atoms with van der Waals surface area (Å²) in [6.07, 6.45) is 1.05. The quantitative estimate of drug-likeness (QED) is 0.258. The third kappa shape index (κ3) is 4.20. The number of nitrogen functional groups attached to an aromatic ring is 1. The fraction of sp³-hybridized carbons (Fsp3) is 0.267. The van der Waals surface area contributed by atoms with E-state index in [1.807, 2.05) is 60.4 Å². The Morgan fingerprint density at radius 1 is 1.16 bits per heavy atom. The largest absolute Gasteiger partial charge is 0.507 e. The topological polar surface area (TPSA) is 86.9 Å². The number of rotatable bonds is 4. The van der Waals surface area contributed by atoms with Crippen molar-refractivity contribution in [3.05, 3.63) is 86.6 Å². The van der Waals surface area contributed by atoms with Gasteiger partial charge in [0.1, 0.15) is 5.75 Å². The molecule has 2 amide bonds. The van der Waals surface area contributed by atoms with Crippen molar-refractivity contribution in [1.29, 1.82) is 0 Å². The number of carbonyl (C=O) groups excluding carboxylic acids is 2. The molecule has 8 heteroatoms. The second kappa shape index (κ2) is 9.64. The van der Waals surface area contributed by atoms with Gasteiger partial charge >= 0.3 is 0 Å². The van der Waals surface area contributed by atoms with Crippen LogP contribution in [0.2, 0.25) is 0 Å². The van der Waals surface area contributed by atoms with Gasteiger partial charge < -0.3 is 20.6 Å². The average Bonchev–Trinajstić information content (AvgIpc) is 3.51. The van der Waals surface area contributed by atoms with Crippen LogP contribution in [-0.2, 0) is 24.2 Å². The molecule has 0 spiro atoms. The molecule has 194 valence electrons. The zero-order chi connectivity index (χ0) is 26.6. The number of hydrogen-bond donors (Lipinski definition) is 2. The van der Waals surface area contributed by atoms with E-state index in [0.717, 1.165) is 50.0 Å². The van der Waals surface area contributed by atoms with Gasteiger partial charge in [-0.05, 0) is 59.2 Å². The second-order valence-corrected chi connectivity index (χ2v) is 11.6. The standard InChI is InChI=1S/C30H28ClN3O3S/c1-17-3-2-4-22-24(35)13-23-29(28(17)22)20(14-31)16-34(23)30(37)26-12-19-15-33(10-9-25(19)38-26)27(36)11-18-5-7-21(32)8-6-18/h2-8,12-13,20,35H,9-11,14-16,32H2,1H3. The number of anilines is 2. The van der Waals surface area contributed by atoms with Gasteiger partial charge in [0, 0.05) is 53.4 Å². The molecule has 1 atom stereocenters. The van der Waals surface area contributed by atoms with Crippen molar-refractivity contribution in [2.45, 2.75) is 32.2 Å². The molecule has 4 aromatic rings. The Hall–Kier alpha value is -3.55. The number of phenolic OH excluding ortho intramolecular Hbond substituents is 1. The Bertz CT molecular complexity index is 1580. The van der Waals surface area contributed by atoms with E-state index in [9.17, 15) is 14.7 Å². The third-order valence-corrected chi connectivity index (χ3v) is 9.26. The summed E-state index contributed by atoms with van der Waals surface area (Å²) in [5, 5.41) is 12.6. The summed E-state index contributed by atoms with van der Waals surface area (Å²) >= 11 is 7.90. The first kappa shape index (κ1) is 24.8. The summed E-state index contributed by atoms with van der Waals surface area (Å²) in [6.45, 7) is 3.62. The number of phenols is 1. The molecule has 3 N–H and O–H groups in total. The number of thiophene rings is 1. The molecule has 6 nitrogen and oxygen atoms in total. The lowest BCUT2D eigenvalue weighted by atomic mass is 9.92. The number of carbonyl (C=O) groups is 2. The highest BCUT2D eigenvalue weighted by Gasteiger charge is 2.36. The van der Waals surface area contributed by atoms with Crippen LogP contribution < -0.4 is 10.6 Å². The van der Waals surface area contributed by atoms with Crippen molar-refractivity contribution in [1.82, 2.24) is 4.90 Å².